The highest BCUT2D eigenvalue weighted by Crippen LogP contribution is 2.42. The van der Waals surface area contributed by atoms with Crippen LogP contribution in [0.4, 0.5) is 11.4 Å². The SMILES string of the molecule is CCN(c1ccccc1)S(=O)(=O)c1ccc(Cl)c(NC(=O)COC(=O)C2CC(c3ccc(Br)cc3)C2)c1. The normalized spacial score (nSPS) is 16.9. The van der Waals surface area contributed by atoms with Crippen molar-refractivity contribution in [3.8, 4) is 0 Å². The molecule has 0 unspecified atom stereocenters. The van der Waals surface area contributed by atoms with Crippen LogP contribution in [0.1, 0.15) is 31.2 Å². The summed E-state index contributed by atoms with van der Waals surface area (Å²) >= 11 is 9.63. The van der Waals surface area contributed by atoms with E-state index in [2.05, 4.69) is 21.2 Å². The highest BCUT2D eigenvalue weighted by Gasteiger charge is 2.36. The van der Waals surface area contributed by atoms with E-state index in [9.17, 15) is 18.0 Å². The minimum Gasteiger partial charge on any atom is -0.455 e. The van der Waals surface area contributed by atoms with Crippen LogP contribution in [-0.4, -0.2) is 33.4 Å². The van der Waals surface area contributed by atoms with E-state index in [1.807, 2.05) is 24.3 Å². The lowest BCUT2D eigenvalue weighted by molar-refractivity contribution is -0.154. The van der Waals surface area contributed by atoms with Crippen LogP contribution in [0.25, 0.3) is 0 Å². The summed E-state index contributed by atoms with van der Waals surface area (Å²) in [7, 11) is -3.91. The number of rotatable bonds is 9. The topological polar surface area (TPSA) is 92.8 Å². The molecule has 0 aromatic heterocycles. The molecule has 3 aromatic rings. The van der Waals surface area contributed by atoms with Gasteiger partial charge in [-0.1, -0.05) is 57.9 Å². The van der Waals surface area contributed by atoms with E-state index in [0.29, 0.717) is 24.4 Å². The van der Waals surface area contributed by atoms with E-state index < -0.39 is 28.5 Å². The van der Waals surface area contributed by atoms with Crippen molar-refractivity contribution in [2.75, 3.05) is 22.8 Å². The Balaban J connectivity index is 1.35. The molecule has 0 radical (unpaired) electrons. The maximum atomic E-state index is 13.3. The molecule has 0 aliphatic heterocycles. The molecular weight excluding hydrogens is 580 g/mol. The largest absolute Gasteiger partial charge is 0.455 e. The van der Waals surface area contributed by atoms with E-state index in [1.54, 1.807) is 37.3 Å². The Bertz CT molecular complexity index is 1380. The van der Waals surface area contributed by atoms with Crippen LogP contribution in [0.3, 0.4) is 0 Å². The molecule has 1 aliphatic rings. The number of ether oxygens (including phenoxy) is 1. The average molecular weight is 606 g/mol. The fourth-order valence-corrected chi connectivity index (χ4v) is 6.16. The lowest BCUT2D eigenvalue weighted by Crippen LogP contribution is -2.32. The molecule has 37 heavy (non-hydrogen) atoms. The van der Waals surface area contributed by atoms with Crippen LogP contribution < -0.4 is 9.62 Å². The van der Waals surface area contributed by atoms with Crippen molar-refractivity contribution in [3.63, 3.8) is 0 Å². The second-order valence-electron chi connectivity index (χ2n) is 8.72. The first kappa shape index (κ1) is 27.2. The van der Waals surface area contributed by atoms with Crippen molar-refractivity contribution in [1.29, 1.82) is 0 Å². The van der Waals surface area contributed by atoms with Crippen LogP contribution >= 0.6 is 27.5 Å². The van der Waals surface area contributed by atoms with E-state index in [-0.39, 0.29) is 28.1 Å². The highest BCUT2D eigenvalue weighted by atomic mass is 79.9. The zero-order valence-electron chi connectivity index (χ0n) is 20.1. The fourth-order valence-electron chi connectivity index (χ4n) is 4.23. The van der Waals surface area contributed by atoms with E-state index >= 15 is 0 Å². The van der Waals surface area contributed by atoms with Gasteiger partial charge in [0.25, 0.3) is 15.9 Å². The molecule has 0 saturated heterocycles. The van der Waals surface area contributed by atoms with Crippen LogP contribution in [0.15, 0.2) is 82.2 Å². The summed E-state index contributed by atoms with van der Waals surface area (Å²) < 4.78 is 34.0. The summed E-state index contributed by atoms with van der Waals surface area (Å²) in [6, 6.07) is 20.8. The summed E-state index contributed by atoms with van der Waals surface area (Å²) in [6.45, 7) is 1.47. The first-order valence-corrected chi connectivity index (χ1v) is 14.4. The van der Waals surface area contributed by atoms with Gasteiger partial charge in [0, 0.05) is 11.0 Å². The highest BCUT2D eigenvalue weighted by molar-refractivity contribution is 9.10. The number of nitrogens with one attached hydrogen (secondary N) is 1. The number of hydrogen-bond acceptors (Lipinski definition) is 5. The van der Waals surface area contributed by atoms with E-state index in [1.165, 1.54) is 28.1 Å². The van der Waals surface area contributed by atoms with Crippen molar-refractivity contribution in [3.05, 3.63) is 87.9 Å². The maximum absolute atomic E-state index is 13.3. The molecular formula is C27H26BrClN2O5S. The molecule has 0 spiro atoms. The number of esters is 1. The number of sulfonamides is 1. The van der Waals surface area contributed by atoms with Gasteiger partial charge in [-0.2, -0.15) is 0 Å². The molecule has 7 nitrogen and oxygen atoms in total. The molecule has 0 heterocycles. The van der Waals surface area contributed by atoms with Crippen molar-refractivity contribution in [2.24, 2.45) is 5.92 Å². The van der Waals surface area contributed by atoms with Gasteiger partial charge in [-0.25, -0.2) is 8.42 Å². The van der Waals surface area contributed by atoms with Crippen molar-refractivity contribution >= 4 is 60.8 Å². The smallest absolute Gasteiger partial charge is 0.309 e. The van der Waals surface area contributed by atoms with Crippen LogP contribution in [0.2, 0.25) is 5.02 Å². The molecule has 1 aliphatic carbocycles. The lowest BCUT2D eigenvalue weighted by atomic mass is 9.71. The van der Waals surface area contributed by atoms with Gasteiger partial charge >= 0.3 is 5.97 Å². The van der Waals surface area contributed by atoms with Gasteiger partial charge in [-0.05, 0) is 73.7 Å². The van der Waals surface area contributed by atoms with Gasteiger partial charge in [-0.15, -0.1) is 0 Å². The molecule has 0 atom stereocenters. The summed E-state index contributed by atoms with van der Waals surface area (Å²) in [4.78, 5) is 24.8. The van der Waals surface area contributed by atoms with Gasteiger partial charge in [0.15, 0.2) is 6.61 Å². The molecule has 4 rings (SSSR count). The Morgan fingerprint density at radius 2 is 1.73 bits per heavy atom. The summed E-state index contributed by atoms with van der Waals surface area (Å²) in [5.41, 5.74) is 1.81. The Morgan fingerprint density at radius 1 is 1.05 bits per heavy atom. The zero-order chi connectivity index (χ0) is 26.6. The predicted molar refractivity (Wildman–Crippen MR) is 147 cm³/mol. The molecule has 0 bridgehead atoms. The minimum atomic E-state index is -3.91. The molecule has 194 valence electrons. The summed E-state index contributed by atoms with van der Waals surface area (Å²) in [5, 5.41) is 2.72. The third-order valence-corrected chi connectivity index (χ3v) is 9.05. The number of halogens is 2. The zero-order valence-corrected chi connectivity index (χ0v) is 23.2. The van der Waals surface area contributed by atoms with E-state index in [4.69, 9.17) is 16.3 Å². The van der Waals surface area contributed by atoms with Gasteiger partial charge in [0.1, 0.15) is 0 Å². The second-order valence-corrected chi connectivity index (χ2v) is 11.9. The van der Waals surface area contributed by atoms with E-state index in [0.717, 1.165) is 4.47 Å². The first-order chi connectivity index (χ1) is 17.7. The van der Waals surface area contributed by atoms with Gasteiger partial charge < -0.3 is 10.1 Å². The van der Waals surface area contributed by atoms with Crippen LogP contribution in [0, 0.1) is 5.92 Å². The molecule has 1 saturated carbocycles. The summed E-state index contributed by atoms with van der Waals surface area (Å²) in [6.07, 6.45) is 1.34. The Hall–Kier alpha value is -2.88. The maximum Gasteiger partial charge on any atom is 0.309 e. The molecule has 3 aromatic carbocycles. The third kappa shape index (κ3) is 6.34. The first-order valence-electron chi connectivity index (χ1n) is 11.8. The molecule has 1 fully saturated rings. The lowest BCUT2D eigenvalue weighted by Gasteiger charge is -2.33. The van der Waals surface area contributed by atoms with Crippen LogP contribution in [0.5, 0.6) is 0 Å². The predicted octanol–water partition coefficient (Wildman–Crippen LogP) is 5.99. The fraction of sp³-hybridized carbons (Fsp3) is 0.259. The van der Waals surface area contributed by atoms with Crippen LogP contribution in [-0.2, 0) is 24.3 Å². The quantitative estimate of drug-likeness (QED) is 0.302. The summed E-state index contributed by atoms with van der Waals surface area (Å²) in [5.74, 6) is -0.991. The number of carbonyl (C=O) groups is 2. The second kappa shape index (κ2) is 11.7. The number of hydrogen-bond donors (Lipinski definition) is 1. The number of anilines is 2. The average Bonchev–Trinajstić information content (AvgIpc) is 2.85. The molecule has 10 heteroatoms. The van der Waals surface area contributed by atoms with Crippen molar-refractivity contribution in [2.45, 2.75) is 30.6 Å². The van der Waals surface area contributed by atoms with Gasteiger partial charge in [-0.3, -0.25) is 13.9 Å². The van der Waals surface area contributed by atoms with Crippen molar-refractivity contribution in [1.82, 2.24) is 0 Å². The monoisotopic (exact) mass is 604 g/mol. The standard InChI is InChI=1S/C27H26BrClN2O5S/c1-2-31(22-6-4-3-5-7-22)37(34,35)23-12-13-24(29)25(16-23)30-26(32)17-36-27(33)20-14-19(15-20)18-8-10-21(28)11-9-18/h3-13,16,19-20H,2,14-15,17H2,1H3,(H,30,32). The van der Waals surface area contributed by atoms with Gasteiger partial charge in [0.2, 0.25) is 0 Å². The number of para-hydroxylation sites is 1. The Labute approximate surface area is 230 Å². The number of carbonyl (C=O) groups excluding carboxylic acids is 2. The Kier molecular flexibility index (Phi) is 8.56. The number of nitrogens with zero attached hydrogens (tertiary/aromatic N) is 1. The Morgan fingerprint density at radius 3 is 2.38 bits per heavy atom. The molecule has 1 amide bonds. The van der Waals surface area contributed by atoms with Gasteiger partial charge in [0.05, 0.1) is 27.2 Å². The minimum absolute atomic E-state index is 0.0247. The van der Waals surface area contributed by atoms with Crippen molar-refractivity contribution < 1.29 is 22.7 Å². The number of benzene rings is 3. The molecule has 1 N–H and O–H groups in total. The third-order valence-electron chi connectivity index (χ3n) is 6.29. The number of amides is 1.